The highest BCUT2D eigenvalue weighted by molar-refractivity contribution is 5.66. The molecular formula is C18H19FN6. The van der Waals surface area contributed by atoms with Gasteiger partial charge in [0.1, 0.15) is 11.6 Å². The first kappa shape index (κ1) is 15.6. The number of aromatic nitrogens is 4. The molecule has 3 N–H and O–H groups in total. The summed E-state index contributed by atoms with van der Waals surface area (Å²) in [5, 5.41) is 7.30. The number of piperidine rings is 1. The summed E-state index contributed by atoms with van der Waals surface area (Å²) < 4.78 is 13.5. The van der Waals surface area contributed by atoms with Gasteiger partial charge < -0.3 is 10.6 Å². The minimum absolute atomic E-state index is 0.238. The van der Waals surface area contributed by atoms with Gasteiger partial charge in [0.2, 0.25) is 5.95 Å². The Morgan fingerprint density at radius 3 is 2.80 bits per heavy atom. The third-order valence-electron chi connectivity index (χ3n) is 4.65. The zero-order chi connectivity index (χ0) is 17.2. The van der Waals surface area contributed by atoms with Gasteiger partial charge in [-0.15, -0.1) is 0 Å². The predicted octanol–water partition coefficient (Wildman–Crippen LogP) is 2.97. The molecule has 128 valence electrons. The molecule has 1 fully saturated rings. The Bertz CT molecular complexity index is 869. The molecule has 1 saturated heterocycles. The molecule has 0 bridgehead atoms. The van der Waals surface area contributed by atoms with Gasteiger partial charge in [-0.05, 0) is 36.6 Å². The van der Waals surface area contributed by atoms with E-state index < -0.39 is 0 Å². The Hall–Kier alpha value is -2.96. The van der Waals surface area contributed by atoms with Crippen LogP contribution in [-0.4, -0.2) is 33.3 Å². The lowest BCUT2D eigenvalue weighted by molar-refractivity contribution is 0.491. The molecule has 3 aromatic rings. The highest BCUT2D eigenvalue weighted by atomic mass is 19.1. The van der Waals surface area contributed by atoms with Gasteiger partial charge in [0, 0.05) is 36.5 Å². The number of rotatable bonds is 3. The van der Waals surface area contributed by atoms with Crippen LogP contribution in [0.4, 0.5) is 16.2 Å². The Morgan fingerprint density at radius 1 is 1.20 bits per heavy atom. The number of benzene rings is 1. The molecule has 3 heterocycles. The number of nitrogen functional groups attached to an aromatic ring is 1. The number of nitrogens with zero attached hydrogens (tertiary/aromatic N) is 4. The third kappa shape index (κ3) is 3.17. The van der Waals surface area contributed by atoms with Crippen LogP contribution in [0.25, 0.3) is 11.1 Å². The molecule has 1 aliphatic heterocycles. The lowest BCUT2D eigenvalue weighted by Crippen LogP contribution is -2.34. The number of anilines is 2. The Morgan fingerprint density at radius 2 is 2.04 bits per heavy atom. The van der Waals surface area contributed by atoms with E-state index in [1.165, 1.54) is 6.07 Å². The molecule has 0 amide bonds. The Labute approximate surface area is 144 Å². The second-order valence-corrected chi connectivity index (χ2v) is 6.25. The maximum atomic E-state index is 13.5. The van der Waals surface area contributed by atoms with Gasteiger partial charge in [0.25, 0.3) is 0 Å². The lowest BCUT2D eigenvalue weighted by Gasteiger charge is -2.32. The van der Waals surface area contributed by atoms with Crippen molar-refractivity contribution >= 4 is 11.8 Å². The summed E-state index contributed by atoms with van der Waals surface area (Å²) in [5.41, 5.74) is 8.64. The van der Waals surface area contributed by atoms with Gasteiger partial charge in [0.05, 0.1) is 6.20 Å². The molecule has 0 aliphatic carbocycles. The number of nitrogens with two attached hydrogens (primary N) is 1. The zero-order valence-electron chi connectivity index (χ0n) is 13.7. The molecule has 6 nitrogen and oxygen atoms in total. The first-order chi connectivity index (χ1) is 12.2. The second kappa shape index (κ2) is 6.51. The number of hydrogen-bond donors (Lipinski definition) is 2. The van der Waals surface area contributed by atoms with Crippen molar-refractivity contribution in [1.29, 1.82) is 0 Å². The average molecular weight is 338 g/mol. The summed E-state index contributed by atoms with van der Waals surface area (Å²) in [4.78, 5) is 10.7. The van der Waals surface area contributed by atoms with Gasteiger partial charge in [-0.2, -0.15) is 10.1 Å². The molecule has 0 spiro atoms. The summed E-state index contributed by atoms with van der Waals surface area (Å²) in [5.74, 6) is 1.26. The van der Waals surface area contributed by atoms with E-state index in [-0.39, 0.29) is 5.82 Å². The topological polar surface area (TPSA) is 83.7 Å². The lowest BCUT2D eigenvalue weighted by atomic mass is 9.89. The van der Waals surface area contributed by atoms with E-state index in [9.17, 15) is 4.39 Å². The van der Waals surface area contributed by atoms with Crippen molar-refractivity contribution in [3.63, 3.8) is 0 Å². The van der Waals surface area contributed by atoms with Crippen molar-refractivity contribution in [2.75, 3.05) is 23.7 Å². The van der Waals surface area contributed by atoms with E-state index in [0.717, 1.165) is 42.8 Å². The minimum atomic E-state index is -0.238. The van der Waals surface area contributed by atoms with Crippen LogP contribution in [-0.2, 0) is 0 Å². The molecule has 0 saturated carbocycles. The normalized spacial score (nSPS) is 15.5. The smallest absolute Gasteiger partial charge is 0.227 e. The quantitative estimate of drug-likeness (QED) is 0.767. The fraction of sp³-hybridized carbons (Fsp3) is 0.278. The van der Waals surface area contributed by atoms with Crippen molar-refractivity contribution in [3.8, 4) is 11.1 Å². The molecule has 0 unspecified atom stereocenters. The monoisotopic (exact) mass is 338 g/mol. The van der Waals surface area contributed by atoms with Crippen LogP contribution >= 0.6 is 0 Å². The first-order valence-electron chi connectivity index (χ1n) is 8.33. The highest BCUT2D eigenvalue weighted by Crippen LogP contribution is 2.34. The number of hydrogen-bond acceptors (Lipinski definition) is 5. The first-order valence-corrected chi connectivity index (χ1v) is 8.33. The molecule has 1 aliphatic rings. The Balaban J connectivity index is 1.51. The minimum Gasteiger partial charge on any atom is -0.384 e. The molecule has 2 aromatic heterocycles. The molecule has 0 radical (unpaired) electrons. The van der Waals surface area contributed by atoms with E-state index in [1.807, 2.05) is 6.07 Å². The summed E-state index contributed by atoms with van der Waals surface area (Å²) >= 11 is 0. The fourth-order valence-electron chi connectivity index (χ4n) is 3.38. The molecule has 25 heavy (non-hydrogen) atoms. The largest absolute Gasteiger partial charge is 0.384 e. The van der Waals surface area contributed by atoms with Gasteiger partial charge >= 0.3 is 0 Å². The highest BCUT2D eigenvalue weighted by Gasteiger charge is 2.25. The summed E-state index contributed by atoms with van der Waals surface area (Å²) in [6.45, 7) is 1.69. The molecular weight excluding hydrogens is 319 g/mol. The van der Waals surface area contributed by atoms with Gasteiger partial charge in [-0.25, -0.2) is 9.37 Å². The molecule has 1 aromatic carbocycles. The van der Waals surface area contributed by atoms with E-state index in [2.05, 4.69) is 25.1 Å². The zero-order valence-corrected chi connectivity index (χ0v) is 13.7. The molecule has 7 heteroatoms. The SMILES string of the molecule is Nc1ccnc(N2CCC(c3[nH]ncc3-c3cccc(F)c3)CC2)n1. The van der Waals surface area contributed by atoms with Crippen LogP contribution in [0, 0.1) is 5.82 Å². The van der Waals surface area contributed by atoms with Crippen LogP contribution in [0.2, 0.25) is 0 Å². The number of halogens is 1. The second-order valence-electron chi connectivity index (χ2n) is 6.25. The van der Waals surface area contributed by atoms with Gasteiger partial charge in [0.15, 0.2) is 0 Å². The van der Waals surface area contributed by atoms with E-state index >= 15 is 0 Å². The summed E-state index contributed by atoms with van der Waals surface area (Å²) in [6, 6.07) is 8.32. The van der Waals surface area contributed by atoms with Crippen molar-refractivity contribution < 1.29 is 4.39 Å². The number of aromatic amines is 1. The van der Waals surface area contributed by atoms with Crippen LogP contribution in [0.5, 0.6) is 0 Å². The Kier molecular flexibility index (Phi) is 4.05. The average Bonchev–Trinajstić information content (AvgIpc) is 3.12. The van der Waals surface area contributed by atoms with Crippen molar-refractivity contribution in [2.45, 2.75) is 18.8 Å². The molecule has 0 atom stereocenters. The number of H-pyrrole nitrogens is 1. The molecule has 4 rings (SSSR count). The predicted molar refractivity (Wildman–Crippen MR) is 94.6 cm³/mol. The summed E-state index contributed by atoms with van der Waals surface area (Å²) in [6.07, 6.45) is 5.35. The van der Waals surface area contributed by atoms with Crippen molar-refractivity contribution in [1.82, 2.24) is 20.2 Å². The van der Waals surface area contributed by atoms with Crippen LogP contribution in [0.15, 0.2) is 42.7 Å². The fourth-order valence-corrected chi connectivity index (χ4v) is 3.38. The number of nitrogens with one attached hydrogen (secondary N) is 1. The van der Waals surface area contributed by atoms with E-state index in [4.69, 9.17) is 5.73 Å². The van der Waals surface area contributed by atoms with E-state index in [0.29, 0.717) is 17.7 Å². The standard InChI is InChI=1S/C18H19FN6/c19-14-3-1-2-13(10-14)15-11-22-24-17(15)12-5-8-25(9-6-12)18-21-7-4-16(20)23-18/h1-4,7,10-12H,5-6,8-9H2,(H,22,24)(H2,20,21,23). The van der Waals surface area contributed by atoms with Gasteiger partial charge in [-0.1, -0.05) is 12.1 Å². The third-order valence-corrected chi connectivity index (χ3v) is 4.65. The van der Waals surface area contributed by atoms with E-state index in [1.54, 1.807) is 30.6 Å². The van der Waals surface area contributed by atoms with Crippen LogP contribution in [0.1, 0.15) is 24.5 Å². The van der Waals surface area contributed by atoms with Crippen LogP contribution < -0.4 is 10.6 Å². The summed E-state index contributed by atoms with van der Waals surface area (Å²) in [7, 11) is 0. The van der Waals surface area contributed by atoms with Crippen molar-refractivity contribution in [2.24, 2.45) is 0 Å². The maximum absolute atomic E-state index is 13.5. The van der Waals surface area contributed by atoms with Gasteiger partial charge in [-0.3, -0.25) is 5.10 Å². The van der Waals surface area contributed by atoms with Crippen molar-refractivity contribution in [3.05, 3.63) is 54.2 Å². The van der Waals surface area contributed by atoms with Crippen LogP contribution in [0.3, 0.4) is 0 Å². The maximum Gasteiger partial charge on any atom is 0.227 e.